The molecule has 1 saturated carbocycles. The second kappa shape index (κ2) is 5.75. The van der Waals surface area contributed by atoms with Gasteiger partial charge in [0.05, 0.1) is 0 Å². The third-order valence-electron chi connectivity index (χ3n) is 4.09. The highest BCUT2D eigenvalue weighted by atomic mass is 14.9. The molecule has 0 saturated heterocycles. The van der Waals surface area contributed by atoms with E-state index in [1.807, 2.05) is 0 Å². The van der Waals surface area contributed by atoms with Crippen molar-refractivity contribution in [1.29, 1.82) is 0 Å². The van der Waals surface area contributed by atoms with Crippen molar-refractivity contribution in [3.63, 3.8) is 0 Å². The molecule has 0 heterocycles. The van der Waals surface area contributed by atoms with Gasteiger partial charge in [0.2, 0.25) is 0 Å². The van der Waals surface area contributed by atoms with Gasteiger partial charge in [-0.25, -0.2) is 0 Å². The Bertz CT molecular complexity index is 155. The standard InChI is InChI=1S/C13H27N/c1-5-10(3)13(14-6-2)12-9-7-8-11(12)4/h10-14H,5-9H2,1-4H3. The summed E-state index contributed by atoms with van der Waals surface area (Å²) >= 11 is 0. The lowest BCUT2D eigenvalue weighted by atomic mass is 9.82. The van der Waals surface area contributed by atoms with Crippen LogP contribution in [0.2, 0.25) is 0 Å². The summed E-state index contributed by atoms with van der Waals surface area (Å²) in [5, 5.41) is 3.71. The highest BCUT2D eigenvalue weighted by molar-refractivity contribution is 4.87. The fourth-order valence-electron chi connectivity index (χ4n) is 2.97. The van der Waals surface area contributed by atoms with E-state index in [1.165, 1.54) is 25.7 Å². The average molecular weight is 197 g/mol. The lowest BCUT2D eigenvalue weighted by Crippen LogP contribution is -2.42. The molecule has 1 fully saturated rings. The number of hydrogen-bond acceptors (Lipinski definition) is 1. The second-order valence-corrected chi connectivity index (χ2v) is 5.04. The van der Waals surface area contributed by atoms with Crippen LogP contribution in [0.4, 0.5) is 0 Å². The summed E-state index contributed by atoms with van der Waals surface area (Å²) < 4.78 is 0. The minimum absolute atomic E-state index is 0.766. The topological polar surface area (TPSA) is 12.0 Å². The summed E-state index contributed by atoms with van der Waals surface area (Å²) in [4.78, 5) is 0. The van der Waals surface area contributed by atoms with Crippen LogP contribution in [-0.2, 0) is 0 Å². The molecule has 14 heavy (non-hydrogen) atoms. The molecule has 1 aliphatic carbocycles. The molecule has 0 aliphatic heterocycles. The molecule has 1 N–H and O–H groups in total. The van der Waals surface area contributed by atoms with Crippen LogP contribution in [0.5, 0.6) is 0 Å². The van der Waals surface area contributed by atoms with Crippen molar-refractivity contribution in [2.75, 3.05) is 6.54 Å². The summed E-state index contributed by atoms with van der Waals surface area (Å²) in [7, 11) is 0. The first kappa shape index (κ1) is 12.0. The average Bonchev–Trinajstić information content (AvgIpc) is 2.60. The summed E-state index contributed by atoms with van der Waals surface area (Å²) in [5.41, 5.74) is 0. The first-order chi connectivity index (χ1) is 6.70. The normalized spacial score (nSPS) is 31.7. The van der Waals surface area contributed by atoms with Crippen molar-refractivity contribution in [1.82, 2.24) is 5.32 Å². The Morgan fingerprint density at radius 2 is 2.00 bits per heavy atom. The molecular formula is C13H27N. The Hall–Kier alpha value is -0.0400. The van der Waals surface area contributed by atoms with E-state index in [0.717, 1.165) is 30.3 Å². The first-order valence-electron chi connectivity index (χ1n) is 6.44. The van der Waals surface area contributed by atoms with Gasteiger partial charge in [0.15, 0.2) is 0 Å². The monoisotopic (exact) mass is 197 g/mol. The Balaban J connectivity index is 2.56. The largest absolute Gasteiger partial charge is 0.314 e. The van der Waals surface area contributed by atoms with Gasteiger partial charge in [0.25, 0.3) is 0 Å². The van der Waals surface area contributed by atoms with E-state index in [9.17, 15) is 0 Å². The number of nitrogens with one attached hydrogen (secondary N) is 1. The highest BCUT2D eigenvalue weighted by Crippen LogP contribution is 2.36. The van der Waals surface area contributed by atoms with E-state index < -0.39 is 0 Å². The van der Waals surface area contributed by atoms with Crippen molar-refractivity contribution >= 4 is 0 Å². The van der Waals surface area contributed by atoms with Crippen molar-refractivity contribution in [2.24, 2.45) is 17.8 Å². The zero-order chi connectivity index (χ0) is 10.6. The predicted octanol–water partition coefficient (Wildman–Crippen LogP) is 3.45. The summed E-state index contributed by atoms with van der Waals surface area (Å²) in [6, 6.07) is 0.766. The number of rotatable bonds is 5. The van der Waals surface area contributed by atoms with E-state index in [1.54, 1.807) is 0 Å². The molecular weight excluding hydrogens is 170 g/mol. The van der Waals surface area contributed by atoms with Crippen LogP contribution < -0.4 is 5.32 Å². The van der Waals surface area contributed by atoms with Gasteiger partial charge < -0.3 is 5.32 Å². The minimum Gasteiger partial charge on any atom is -0.314 e. The third-order valence-corrected chi connectivity index (χ3v) is 4.09. The molecule has 0 spiro atoms. The molecule has 4 unspecified atom stereocenters. The van der Waals surface area contributed by atoms with Gasteiger partial charge in [0.1, 0.15) is 0 Å². The van der Waals surface area contributed by atoms with Crippen LogP contribution in [0, 0.1) is 17.8 Å². The fraction of sp³-hybridized carbons (Fsp3) is 1.00. The molecule has 4 atom stereocenters. The van der Waals surface area contributed by atoms with Crippen LogP contribution in [-0.4, -0.2) is 12.6 Å². The van der Waals surface area contributed by atoms with Crippen LogP contribution in [0.3, 0.4) is 0 Å². The van der Waals surface area contributed by atoms with Crippen LogP contribution >= 0.6 is 0 Å². The zero-order valence-electron chi connectivity index (χ0n) is 10.3. The van der Waals surface area contributed by atoms with Gasteiger partial charge in [-0.15, -0.1) is 0 Å². The lowest BCUT2D eigenvalue weighted by molar-refractivity contribution is 0.230. The van der Waals surface area contributed by atoms with Gasteiger partial charge in [-0.1, -0.05) is 47.0 Å². The fourth-order valence-corrected chi connectivity index (χ4v) is 2.97. The molecule has 0 amide bonds. The van der Waals surface area contributed by atoms with E-state index >= 15 is 0 Å². The van der Waals surface area contributed by atoms with Gasteiger partial charge >= 0.3 is 0 Å². The number of hydrogen-bond donors (Lipinski definition) is 1. The van der Waals surface area contributed by atoms with Gasteiger partial charge in [-0.05, 0) is 30.7 Å². The molecule has 84 valence electrons. The van der Waals surface area contributed by atoms with E-state index in [2.05, 4.69) is 33.0 Å². The summed E-state index contributed by atoms with van der Waals surface area (Å²) in [6.07, 6.45) is 5.65. The van der Waals surface area contributed by atoms with Crippen molar-refractivity contribution < 1.29 is 0 Å². The quantitative estimate of drug-likeness (QED) is 0.712. The molecule has 0 aromatic carbocycles. The summed E-state index contributed by atoms with van der Waals surface area (Å²) in [6.45, 7) is 10.5. The molecule has 1 rings (SSSR count). The molecule has 0 aromatic rings. The van der Waals surface area contributed by atoms with Crippen molar-refractivity contribution in [3.8, 4) is 0 Å². The van der Waals surface area contributed by atoms with Gasteiger partial charge in [-0.2, -0.15) is 0 Å². The van der Waals surface area contributed by atoms with Crippen LogP contribution in [0.25, 0.3) is 0 Å². The second-order valence-electron chi connectivity index (χ2n) is 5.04. The van der Waals surface area contributed by atoms with E-state index in [0.29, 0.717) is 0 Å². The highest BCUT2D eigenvalue weighted by Gasteiger charge is 2.32. The van der Waals surface area contributed by atoms with Gasteiger partial charge in [-0.3, -0.25) is 0 Å². The Kier molecular flexibility index (Phi) is 4.94. The first-order valence-corrected chi connectivity index (χ1v) is 6.44. The van der Waals surface area contributed by atoms with Crippen LogP contribution in [0.15, 0.2) is 0 Å². The van der Waals surface area contributed by atoms with Gasteiger partial charge in [0, 0.05) is 6.04 Å². The molecule has 1 heteroatoms. The Labute approximate surface area is 89.7 Å². The molecule has 0 bridgehead atoms. The summed E-state index contributed by atoms with van der Waals surface area (Å²) in [5.74, 6) is 2.71. The smallest absolute Gasteiger partial charge is 0.0123 e. The third kappa shape index (κ3) is 2.73. The van der Waals surface area contributed by atoms with Crippen LogP contribution in [0.1, 0.15) is 53.4 Å². The van der Waals surface area contributed by atoms with Crippen molar-refractivity contribution in [3.05, 3.63) is 0 Å². The zero-order valence-corrected chi connectivity index (χ0v) is 10.3. The van der Waals surface area contributed by atoms with Crippen molar-refractivity contribution in [2.45, 2.75) is 59.4 Å². The molecule has 1 nitrogen and oxygen atoms in total. The van der Waals surface area contributed by atoms with E-state index in [4.69, 9.17) is 0 Å². The SMILES string of the molecule is CCNC(C(C)CC)C1CCCC1C. The molecule has 0 aromatic heterocycles. The molecule has 0 radical (unpaired) electrons. The maximum Gasteiger partial charge on any atom is 0.0123 e. The Morgan fingerprint density at radius 3 is 2.43 bits per heavy atom. The van der Waals surface area contributed by atoms with E-state index in [-0.39, 0.29) is 0 Å². The predicted molar refractivity (Wildman–Crippen MR) is 63.4 cm³/mol. The maximum absolute atomic E-state index is 3.71. The molecule has 1 aliphatic rings. The maximum atomic E-state index is 3.71. The Morgan fingerprint density at radius 1 is 1.29 bits per heavy atom. The minimum atomic E-state index is 0.766. The lowest BCUT2D eigenvalue weighted by Gasteiger charge is -2.32.